The van der Waals surface area contributed by atoms with Crippen molar-refractivity contribution in [2.75, 3.05) is 4.90 Å². The summed E-state index contributed by atoms with van der Waals surface area (Å²) in [5, 5.41) is 3.97. The molecule has 0 radical (unpaired) electrons. The molecule has 1 aromatic heterocycles. The summed E-state index contributed by atoms with van der Waals surface area (Å²) >= 11 is 0. The number of H-pyrrole nitrogens is 1. The number of carbonyl (C=O) groups is 2. The van der Waals surface area contributed by atoms with Crippen LogP contribution >= 0.6 is 0 Å². The first-order chi connectivity index (χ1) is 13.1. The summed E-state index contributed by atoms with van der Waals surface area (Å²) in [5.74, 6) is 0.270. The van der Waals surface area contributed by atoms with E-state index in [1.54, 1.807) is 4.90 Å². The normalized spacial score (nSPS) is 15.1. The van der Waals surface area contributed by atoms with E-state index in [1.807, 2.05) is 61.5 Å². The summed E-state index contributed by atoms with van der Waals surface area (Å²) in [6.07, 6.45) is 0.576. The maximum atomic E-state index is 13.2. The van der Waals surface area contributed by atoms with E-state index >= 15 is 0 Å². The van der Waals surface area contributed by atoms with Crippen LogP contribution in [-0.2, 0) is 9.59 Å². The van der Waals surface area contributed by atoms with Gasteiger partial charge in [-0.2, -0.15) is 5.10 Å². The maximum Gasteiger partial charge on any atom is 0.275 e. The third kappa shape index (κ3) is 3.31. The first-order valence-electron chi connectivity index (χ1n) is 8.82. The van der Waals surface area contributed by atoms with Gasteiger partial charge in [-0.3, -0.25) is 14.5 Å². The summed E-state index contributed by atoms with van der Waals surface area (Å²) in [6.45, 7) is 1.92. The minimum atomic E-state index is -0.340. The lowest BCUT2D eigenvalue weighted by Gasteiger charge is -2.29. The molecule has 2 amide bonds. The fourth-order valence-corrected chi connectivity index (χ4v) is 3.17. The van der Waals surface area contributed by atoms with Crippen molar-refractivity contribution in [1.82, 2.24) is 15.4 Å². The molecule has 2 N–H and O–H groups in total. The van der Waals surface area contributed by atoms with E-state index in [0.717, 1.165) is 16.7 Å². The van der Waals surface area contributed by atoms with Crippen LogP contribution in [0, 0.1) is 0 Å². The van der Waals surface area contributed by atoms with E-state index in [2.05, 4.69) is 20.5 Å². The van der Waals surface area contributed by atoms with Gasteiger partial charge < -0.3 is 4.98 Å². The summed E-state index contributed by atoms with van der Waals surface area (Å²) in [4.78, 5) is 34.2. The number of aromatic nitrogens is 2. The largest absolute Gasteiger partial charge is 0.340 e. The monoisotopic (exact) mass is 361 g/mol. The Morgan fingerprint density at radius 1 is 1.07 bits per heavy atom. The van der Waals surface area contributed by atoms with Gasteiger partial charge in [-0.15, -0.1) is 0 Å². The van der Waals surface area contributed by atoms with Gasteiger partial charge in [-0.25, -0.2) is 10.4 Å². The topological polar surface area (TPSA) is 90.4 Å². The average molecular weight is 361 g/mol. The number of nitrogens with one attached hydrogen (secondary N) is 2. The number of carbonyl (C=O) groups excluding carboxylic acids is 2. The standard InChI is InChI=1S/C20H19N5O2/c1-13(19-21-15-9-5-6-10-16(15)22-19)25(14-7-3-2-4-8-14)20(27)17-11-12-18(26)24-23-17/h2-10,13H,11-12H2,1H3,(H,21,22)(H,24,26). The van der Waals surface area contributed by atoms with Crippen LogP contribution in [0.4, 0.5) is 5.69 Å². The van der Waals surface area contributed by atoms with Gasteiger partial charge in [0.1, 0.15) is 11.5 Å². The molecule has 0 fully saturated rings. The molecule has 4 rings (SSSR count). The van der Waals surface area contributed by atoms with Crippen LogP contribution in [0.15, 0.2) is 59.7 Å². The average Bonchev–Trinajstić information content (AvgIpc) is 3.14. The number of anilines is 1. The second-order valence-corrected chi connectivity index (χ2v) is 6.42. The van der Waals surface area contributed by atoms with Crippen LogP contribution in [-0.4, -0.2) is 27.5 Å². The van der Waals surface area contributed by atoms with E-state index in [0.29, 0.717) is 18.0 Å². The molecule has 7 nitrogen and oxygen atoms in total. The predicted molar refractivity (Wildman–Crippen MR) is 103 cm³/mol. The van der Waals surface area contributed by atoms with E-state index < -0.39 is 0 Å². The van der Waals surface area contributed by atoms with Crippen molar-refractivity contribution in [3.8, 4) is 0 Å². The number of fused-ring (bicyclic) bond motifs is 1. The molecule has 136 valence electrons. The number of rotatable bonds is 4. The molecule has 0 bridgehead atoms. The summed E-state index contributed by atoms with van der Waals surface area (Å²) in [7, 11) is 0. The highest BCUT2D eigenvalue weighted by Crippen LogP contribution is 2.28. The van der Waals surface area contributed by atoms with Crippen LogP contribution < -0.4 is 10.3 Å². The molecule has 0 spiro atoms. The quantitative estimate of drug-likeness (QED) is 0.748. The molecule has 2 aromatic carbocycles. The number of hydrazone groups is 1. The number of nitrogens with zero attached hydrogens (tertiary/aromatic N) is 3. The van der Waals surface area contributed by atoms with Gasteiger partial charge in [0.05, 0.1) is 17.1 Å². The maximum absolute atomic E-state index is 13.2. The van der Waals surface area contributed by atoms with Crippen LogP contribution in [0.1, 0.15) is 31.6 Å². The number of hydrogen-bond donors (Lipinski definition) is 2. The minimum Gasteiger partial charge on any atom is -0.340 e. The smallest absolute Gasteiger partial charge is 0.275 e. The molecule has 0 aliphatic carbocycles. The van der Waals surface area contributed by atoms with Crippen molar-refractivity contribution < 1.29 is 9.59 Å². The number of amides is 2. The highest BCUT2D eigenvalue weighted by Gasteiger charge is 2.30. The molecule has 1 aliphatic rings. The molecule has 0 saturated heterocycles. The molecular weight excluding hydrogens is 342 g/mol. The van der Waals surface area contributed by atoms with Gasteiger partial charge in [0.2, 0.25) is 5.91 Å². The lowest BCUT2D eigenvalue weighted by molar-refractivity contribution is -0.121. The number of hydrogen-bond acceptors (Lipinski definition) is 4. The van der Waals surface area contributed by atoms with Gasteiger partial charge in [0.15, 0.2) is 0 Å². The highest BCUT2D eigenvalue weighted by molar-refractivity contribution is 6.44. The Labute approximate surface area is 156 Å². The number of benzene rings is 2. The summed E-state index contributed by atoms with van der Waals surface area (Å²) in [5.41, 5.74) is 5.25. The molecule has 2 heterocycles. The van der Waals surface area contributed by atoms with Crippen LogP contribution in [0.25, 0.3) is 11.0 Å². The fraction of sp³-hybridized carbons (Fsp3) is 0.200. The molecule has 7 heteroatoms. The van der Waals surface area contributed by atoms with Crippen LogP contribution in [0.5, 0.6) is 0 Å². The lowest BCUT2D eigenvalue weighted by atomic mass is 10.1. The van der Waals surface area contributed by atoms with Gasteiger partial charge in [0, 0.05) is 18.5 Å². The van der Waals surface area contributed by atoms with Crippen LogP contribution in [0.3, 0.4) is 0 Å². The Bertz CT molecular complexity index is 992. The molecule has 27 heavy (non-hydrogen) atoms. The van der Waals surface area contributed by atoms with E-state index in [-0.39, 0.29) is 24.3 Å². The Balaban J connectivity index is 1.73. The van der Waals surface area contributed by atoms with Crippen molar-refractivity contribution >= 4 is 34.2 Å². The second kappa shape index (κ2) is 7.03. The Morgan fingerprint density at radius 2 is 1.81 bits per heavy atom. The van der Waals surface area contributed by atoms with Crippen molar-refractivity contribution in [3.63, 3.8) is 0 Å². The number of aromatic amines is 1. The zero-order chi connectivity index (χ0) is 18.8. The molecule has 3 aromatic rings. The van der Waals surface area contributed by atoms with E-state index in [4.69, 9.17) is 0 Å². The Hall–Kier alpha value is -3.48. The molecular formula is C20H19N5O2. The molecule has 1 atom stereocenters. The van der Waals surface area contributed by atoms with Gasteiger partial charge in [-0.1, -0.05) is 30.3 Å². The zero-order valence-corrected chi connectivity index (χ0v) is 14.8. The number of para-hydroxylation sites is 3. The van der Waals surface area contributed by atoms with Crippen molar-refractivity contribution in [2.45, 2.75) is 25.8 Å². The second-order valence-electron chi connectivity index (χ2n) is 6.42. The summed E-state index contributed by atoms with van der Waals surface area (Å²) < 4.78 is 0. The highest BCUT2D eigenvalue weighted by atomic mass is 16.2. The minimum absolute atomic E-state index is 0.178. The third-order valence-corrected chi connectivity index (χ3v) is 4.60. The van der Waals surface area contributed by atoms with E-state index in [9.17, 15) is 9.59 Å². The number of imidazole rings is 1. The Morgan fingerprint density at radius 3 is 2.52 bits per heavy atom. The fourth-order valence-electron chi connectivity index (χ4n) is 3.17. The van der Waals surface area contributed by atoms with Gasteiger partial charge in [-0.05, 0) is 31.2 Å². The van der Waals surface area contributed by atoms with Crippen molar-refractivity contribution in [2.24, 2.45) is 5.10 Å². The SMILES string of the molecule is CC(c1nc2ccccc2[nH]1)N(C(=O)C1=NNC(=O)CC1)c1ccccc1. The molecule has 0 saturated carbocycles. The van der Waals surface area contributed by atoms with Crippen molar-refractivity contribution in [1.29, 1.82) is 0 Å². The lowest BCUT2D eigenvalue weighted by Crippen LogP contribution is -2.42. The molecule has 1 aliphatic heterocycles. The molecule has 1 unspecified atom stereocenters. The zero-order valence-electron chi connectivity index (χ0n) is 14.8. The summed E-state index contributed by atoms with van der Waals surface area (Å²) in [6, 6.07) is 16.8. The van der Waals surface area contributed by atoms with Gasteiger partial charge >= 0.3 is 0 Å². The first kappa shape index (κ1) is 17.0. The van der Waals surface area contributed by atoms with Gasteiger partial charge in [0.25, 0.3) is 5.91 Å². The first-order valence-corrected chi connectivity index (χ1v) is 8.82. The predicted octanol–water partition coefficient (Wildman–Crippen LogP) is 2.92. The van der Waals surface area contributed by atoms with E-state index in [1.165, 1.54) is 0 Å². The Kier molecular flexibility index (Phi) is 4.42. The van der Waals surface area contributed by atoms with Crippen molar-refractivity contribution in [3.05, 3.63) is 60.4 Å². The third-order valence-electron chi connectivity index (χ3n) is 4.60. The van der Waals surface area contributed by atoms with Crippen LogP contribution in [0.2, 0.25) is 0 Å².